The van der Waals surface area contributed by atoms with Crippen LogP contribution in [0.2, 0.25) is 5.02 Å². The number of alkyl halides is 3. The lowest BCUT2D eigenvalue weighted by Crippen LogP contribution is -2.57. The van der Waals surface area contributed by atoms with E-state index in [-0.39, 0.29) is 28.1 Å². The third-order valence-electron chi connectivity index (χ3n) is 6.87. The van der Waals surface area contributed by atoms with E-state index < -0.39 is 62.0 Å². The maximum absolute atomic E-state index is 15.0. The Morgan fingerprint density at radius 1 is 1.08 bits per heavy atom. The number of thioether (sulfide) groups is 1. The van der Waals surface area contributed by atoms with Gasteiger partial charge in [0.2, 0.25) is 0 Å². The number of nitrogens with one attached hydrogen (secondary N) is 1. The van der Waals surface area contributed by atoms with Crippen molar-refractivity contribution in [3.8, 4) is 11.1 Å². The number of aromatic nitrogens is 2. The zero-order valence-electron chi connectivity index (χ0n) is 18.8. The van der Waals surface area contributed by atoms with Crippen LogP contribution in [0.4, 0.5) is 22.0 Å². The smallest absolute Gasteiger partial charge is 0.353 e. The molecule has 1 N–H and O–H groups in total. The molecule has 13 heteroatoms. The van der Waals surface area contributed by atoms with Crippen LogP contribution < -0.4 is 11.2 Å². The first-order chi connectivity index (χ1) is 16.8. The second kappa shape index (κ2) is 8.30. The molecule has 0 radical (unpaired) electrons. The molecule has 3 aromatic rings. The summed E-state index contributed by atoms with van der Waals surface area (Å²) in [6.07, 6.45) is -4.35. The van der Waals surface area contributed by atoms with Crippen LogP contribution in [0.15, 0.2) is 32.7 Å². The van der Waals surface area contributed by atoms with Gasteiger partial charge >= 0.3 is 11.9 Å². The largest absolute Gasteiger partial charge is 0.417 e. The van der Waals surface area contributed by atoms with Gasteiger partial charge in [0.1, 0.15) is 11.6 Å². The van der Waals surface area contributed by atoms with Crippen molar-refractivity contribution < 1.29 is 31.4 Å². The van der Waals surface area contributed by atoms with Crippen molar-refractivity contribution in [3.63, 3.8) is 0 Å². The molecule has 192 valence electrons. The molecule has 1 spiro atoms. The number of ether oxygens (including phenoxy) is 2. The fraction of sp³-hybridized carbons (Fsp3) is 0.391. The Hall–Kier alpha value is -2.41. The molecule has 1 aliphatic heterocycles. The van der Waals surface area contributed by atoms with Gasteiger partial charge in [0.15, 0.2) is 5.79 Å². The Labute approximate surface area is 209 Å². The van der Waals surface area contributed by atoms with Crippen LogP contribution in [0, 0.1) is 17.0 Å². The van der Waals surface area contributed by atoms with E-state index in [0.717, 1.165) is 17.8 Å². The number of aromatic amines is 1. The molecular formula is C23H18ClF5N2O4S. The van der Waals surface area contributed by atoms with E-state index in [2.05, 4.69) is 4.98 Å². The third kappa shape index (κ3) is 3.77. The first kappa shape index (κ1) is 25.2. The van der Waals surface area contributed by atoms with Gasteiger partial charge in [-0.1, -0.05) is 11.6 Å². The highest BCUT2D eigenvalue weighted by atomic mass is 35.5. The first-order valence-corrected chi connectivity index (χ1v) is 12.0. The molecular weight excluding hydrogens is 531 g/mol. The summed E-state index contributed by atoms with van der Waals surface area (Å²) in [5.74, 6) is -3.10. The van der Waals surface area contributed by atoms with Crippen LogP contribution in [0.5, 0.6) is 0 Å². The molecule has 36 heavy (non-hydrogen) atoms. The number of halogens is 6. The number of nitrogens with zero attached hydrogens (tertiary/aromatic N) is 1. The molecule has 1 saturated carbocycles. The predicted octanol–water partition coefficient (Wildman–Crippen LogP) is 5.18. The maximum atomic E-state index is 15.0. The number of methoxy groups -OCH3 is 2. The molecule has 0 amide bonds. The summed E-state index contributed by atoms with van der Waals surface area (Å²) < 4.78 is 83.8. The van der Waals surface area contributed by atoms with Crippen molar-refractivity contribution in [1.29, 1.82) is 0 Å². The van der Waals surface area contributed by atoms with Crippen LogP contribution in [-0.2, 0) is 22.2 Å². The molecule has 5 rings (SSSR count). The van der Waals surface area contributed by atoms with E-state index >= 15 is 0 Å². The molecule has 1 fully saturated rings. The van der Waals surface area contributed by atoms with Gasteiger partial charge in [0, 0.05) is 66.9 Å². The molecule has 2 aromatic carbocycles. The van der Waals surface area contributed by atoms with E-state index in [4.69, 9.17) is 21.1 Å². The van der Waals surface area contributed by atoms with Crippen LogP contribution in [-0.4, -0.2) is 35.3 Å². The zero-order chi connectivity index (χ0) is 26.2. The predicted molar refractivity (Wildman–Crippen MR) is 123 cm³/mol. The van der Waals surface area contributed by atoms with Crippen molar-refractivity contribution in [2.24, 2.45) is 5.41 Å². The van der Waals surface area contributed by atoms with Crippen molar-refractivity contribution >= 4 is 34.3 Å². The van der Waals surface area contributed by atoms with Crippen LogP contribution >= 0.6 is 23.4 Å². The Bertz CT molecular complexity index is 1520. The van der Waals surface area contributed by atoms with Crippen LogP contribution in [0.3, 0.4) is 0 Å². The highest BCUT2D eigenvalue weighted by Gasteiger charge is 2.57. The fourth-order valence-electron chi connectivity index (χ4n) is 5.20. The maximum Gasteiger partial charge on any atom is 0.417 e. The number of hydrogen-bond acceptors (Lipinski definition) is 5. The van der Waals surface area contributed by atoms with Gasteiger partial charge in [-0.15, -0.1) is 11.8 Å². The number of H-pyrrole nitrogens is 1. The van der Waals surface area contributed by atoms with E-state index in [0.29, 0.717) is 25.0 Å². The highest BCUT2D eigenvalue weighted by Crippen LogP contribution is 2.57. The summed E-state index contributed by atoms with van der Waals surface area (Å²) in [5.41, 5.74) is -5.01. The Morgan fingerprint density at radius 3 is 2.36 bits per heavy atom. The lowest BCUT2D eigenvalue weighted by molar-refractivity contribution is -0.294. The molecule has 1 aromatic heterocycles. The zero-order valence-corrected chi connectivity index (χ0v) is 20.4. The van der Waals surface area contributed by atoms with Gasteiger partial charge < -0.3 is 9.47 Å². The molecule has 0 atom stereocenters. The molecule has 0 unspecified atom stereocenters. The van der Waals surface area contributed by atoms with E-state index in [1.165, 1.54) is 18.8 Å². The summed E-state index contributed by atoms with van der Waals surface area (Å²) in [5, 5.41) is -0.947. The van der Waals surface area contributed by atoms with Gasteiger partial charge in [-0.25, -0.2) is 13.6 Å². The number of hydrogen-bond donors (Lipinski definition) is 1. The van der Waals surface area contributed by atoms with Gasteiger partial charge in [-0.05, 0) is 12.1 Å². The molecule has 6 nitrogen and oxygen atoms in total. The lowest BCUT2D eigenvalue weighted by Gasteiger charge is -2.53. The van der Waals surface area contributed by atoms with Crippen molar-refractivity contribution in [1.82, 2.24) is 9.55 Å². The van der Waals surface area contributed by atoms with Crippen molar-refractivity contribution in [2.45, 2.75) is 36.2 Å². The summed E-state index contributed by atoms with van der Waals surface area (Å²) in [6.45, 7) is 0.0606. The van der Waals surface area contributed by atoms with Gasteiger partial charge in [0.25, 0.3) is 5.56 Å². The van der Waals surface area contributed by atoms with Crippen LogP contribution in [0.25, 0.3) is 22.0 Å². The average molecular weight is 549 g/mol. The SMILES string of the molecule is COC1(OC)CC2(CSc3c(-c4cc(Cl)c(F)cc4F)c(C(F)(F)F)cc4c(=O)[nH]c(=O)n(c34)C2)C1. The van der Waals surface area contributed by atoms with Gasteiger partial charge in [-0.2, -0.15) is 13.2 Å². The molecule has 2 aliphatic rings. The number of rotatable bonds is 3. The normalized spacial score (nSPS) is 18.3. The van der Waals surface area contributed by atoms with Gasteiger partial charge in [0.05, 0.1) is 21.5 Å². The van der Waals surface area contributed by atoms with Crippen molar-refractivity contribution in [2.75, 3.05) is 20.0 Å². The molecule has 0 saturated heterocycles. The highest BCUT2D eigenvalue weighted by molar-refractivity contribution is 7.99. The summed E-state index contributed by atoms with van der Waals surface area (Å²) in [6, 6.07) is 1.77. The summed E-state index contributed by atoms with van der Waals surface area (Å²) in [4.78, 5) is 27.5. The summed E-state index contributed by atoms with van der Waals surface area (Å²) in [7, 11) is 2.93. The van der Waals surface area contributed by atoms with Crippen LogP contribution in [0.1, 0.15) is 18.4 Å². The lowest BCUT2D eigenvalue weighted by atomic mass is 9.65. The fourth-order valence-corrected chi connectivity index (χ4v) is 6.83. The minimum absolute atomic E-state index is 0.0548. The van der Waals surface area contributed by atoms with Crippen molar-refractivity contribution in [3.05, 3.63) is 61.3 Å². The Morgan fingerprint density at radius 2 is 1.75 bits per heavy atom. The third-order valence-corrected chi connectivity index (χ3v) is 8.60. The average Bonchev–Trinajstić information content (AvgIpc) is 2.96. The quantitative estimate of drug-likeness (QED) is 0.277. The van der Waals surface area contributed by atoms with E-state index in [1.807, 2.05) is 0 Å². The Kier molecular flexibility index (Phi) is 5.82. The van der Waals surface area contributed by atoms with E-state index in [1.54, 1.807) is 0 Å². The second-order valence-corrected chi connectivity index (χ2v) is 10.5. The standard InChI is InChI=1S/C23H18ClF5N2O4S/c1-34-22(35-2)6-21(7-22)8-31-17-11(19(32)30-20(31)33)3-12(23(27,28)29)16(18(17)36-9-21)10-4-13(24)15(26)5-14(10)25/h3-5H,6-9H2,1-2H3,(H,30,32,33). The summed E-state index contributed by atoms with van der Waals surface area (Å²) >= 11 is 6.78. The molecule has 2 heterocycles. The number of benzene rings is 2. The minimum atomic E-state index is -5.01. The minimum Gasteiger partial charge on any atom is -0.353 e. The topological polar surface area (TPSA) is 73.3 Å². The first-order valence-electron chi connectivity index (χ1n) is 10.6. The second-order valence-electron chi connectivity index (χ2n) is 9.07. The monoisotopic (exact) mass is 548 g/mol. The van der Waals surface area contributed by atoms with Gasteiger partial charge in [-0.3, -0.25) is 14.3 Å². The molecule has 0 bridgehead atoms. The Balaban J connectivity index is 1.85. The van der Waals surface area contributed by atoms with E-state index in [9.17, 15) is 31.5 Å². The molecule has 1 aliphatic carbocycles.